The van der Waals surface area contributed by atoms with E-state index < -0.39 is 0 Å². The van der Waals surface area contributed by atoms with Gasteiger partial charge in [0, 0.05) is 12.1 Å². The molecular formula is C16H35N3. The zero-order valence-corrected chi connectivity index (χ0v) is 14.0. The summed E-state index contributed by atoms with van der Waals surface area (Å²) in [4.78, 5) is 4.87. The lowest BCUT2D eigenvalue weighted by Gasteiger charge is -2.48. The number of nitrogens with one attached hydrogen (secondary N) is 1. The Kier molecular flexibility index (Phi) is 6.78. The van der Waals surface area contributed by atoms with Gasteiger partial charge in [0.05, 0.1) is 0 Å². The third-order valence-electron chi connectivity index (χ3n) is 4.65. The Morgan fingerprint density at radius 1 is 1.16 bits per heavy atom. The van der Waals surface area contributed by atoms with Crippen molar-refractivity contribution in [1.82, 2.24) is 15.1 Å². The van der Waals surface area contributed by atoms with Crippen molar-refractivity contribution >= 4 is 0 Å². The predicted octanol–water partition coefficient (Wildman–Crippen LogP) is 2.43. The van der Waals surface area contributed by atoms with E-state index in [-0.39, 0.29) is 0 Å². The lowest BCUT2D eigenvalue weighted by molar-refractivity contribution is 0.0622. The SMILES string of the molecule is CCNC1C(N(C)CCCN(C)C)CCCC1(C)C. The van der Waals surface area contributed by atoms with Crippen molar-refractivity contribution in [2.75, 3.05) is 40.8 Å². The van der Waals surface area contributed by atoms with E-state index in [9.17, 15) is 0 Å². The van der Waals surface area contributed by atoms with E-state index in [1.807, 2.05) is 0 Å². The lowest BCUT2D eigenvalue weighted by Crippen LogP contribution is -2.58. The zero-order valence-electron chi connectivity index (χ0n) is 14.0. The van der Waals surface area contributed by atoms with Crippen molar-refractivity contribution in [3.63, 3.8) is 0 Å². The molecular weight excluding hydrogens is 234 g/mol. The Morgan fingerprint density at radius 3 is 2.42 bits per heavy atom. The summed E-state index contributed by atoms with van der Waals surface area (Å²) >= 11 is 0. The van der Waals surface area contributed by atoms with E-state index in [2.05, 4.69) is 57.0 Å². The van der Waals surface area contributed by atoms with Crippen molar-refractivity contribution < 1.29 is 0 Å². The first kappa shape index (κ1) is 16.9. The average molecular weight is 269 g/mol. The summed E-state index contributed by atoms with van der Waals surface area (Å²) in [6.45, 7) is 10.6. The Hall–Kier alpha value is -0.120. The van der Waals surface area contributed by atoms with Crippen molar-refractivity contribution in [2.24, 2.45) is 5.41 Å². The molecule has 1 aliphatic carbocycles. The van der Waals surface area contributed by atoms with Crippen molar-refractivity contribution in [3.05, 3.63) is 0 Å². The quantitative estimate of drug-likeness (QED) is 0.766. The van der Waals surface area contributed by atoms with Crippen LogP contribution >= 0.6 is 0 Å². The molecule has 1 fully saturated rings. The molecule has 0 aliphatic heterocycles. The maximum absolute atomic E-state index is 3.75. The summed E-state index contributed by atoms with van der Waals surface area (Å²) in [6, 6.07) is 1.33. The molecule has 0 bridgehead atoms. The van der Waals surface area contributed by atoms with Crippen LogP contribution in [0.5, 0.6) is 0 Å². The summed E-state index contributed by atoms with van der Waals surface area (Å²) in [6.07, 6.45) is 5.34. The molecule has 2 unspecified atom stereocenters. The molecule has 0 saturated heterocycles. The van der Waals surface area contributed by atoms with Crippen molar-refractivity contribution in [2.45, 2.75) is 58.5 Å². The monoisotopic (exact) mass is 269 g/mol. The molecule has 0 radical (unpaired) electrons. The third-order valence-corrected chi connectivity index (χ3v) is 4.65. The summed E-state index contributed by atoms with van der Waals surface area (Å²) in [5, 5.41) is 3.75. The van der Waals surface area contributed by atoms with E-state index in [4.69, 9.17) is 0 Å². The molecule has 1 aliphatic rings. The fourth-order valence-electron chi connectivity index (χ4n) is 3.52. The molecule has 0 aromatic carbocycles. The Morgan fingerprint density at radius 2 is 1.84 bits per heavy atom. The molecule has 1 rings (SSSR count). The van der Waals surface area contributed by atoms with Gasteiger partial charge < -0.3 is 15.1 Å². The zero-order chi connectivity index (χ0) is 14.5. The van der Waals surface area contributed by atoms with Gasteiger partial charge in [0.2, 0.25) is 0 Å². The summed E-state index contributed by atoms with van der Waals surface area (Å²) in [5.74, 6) is 0. The first-order valence-corrected chi connectivity index (χ1v) is 7.97. The van der Waals surface area contributed by atoms with Gasteiger partial charge in [-0.25, -0.2) is 0 Å². The van der Waals surface area contributed by atoms with Crippen LogP contribution in [0.2, 0.25) is 0 Å². The van der Waals surface area contributed by atoms with E-state index >= 15 is 0 Å². The van der Waals surface area contributed by atoms with Crippen LogP contribution in [-0.2, 0) is 0 Å². The standard InChI is InChI=1S/C16H35N3/c1-7-17-15-14(10-8-11-16(15,2)3)19(6)13-9-12-18(4)5/h14-15,17H,7-13H2,1-6H3. The highest BCUT2D eigenvalue weighted by molar-refractivity contribution is 4.97. The van der Waals surface area contributed by atoms with Gasteiger partial charge in [0.1, 0.15) is 0 Å². The molecule has 1 saturated carbocycles. The highest BCUT2D eigenvalue weighted by Gasteiger charge is 2.39. The fourth-order valence-corrected chi connectivity index (χ4v) is 3.52. The van der Waals surface area contributed by atoms with Crippen LogP contribution in [0, 0.1) is 5.41 Å². The molecule has 0 spiro atoms. The first-order valence-electron chi connectivity index (χ1n) is 7.97. The molecule has 3 nitrogen and oxygen atoms in total. The fraction of sp³-hybridized carbons (Fsp3) is 1.00. The second kappa shape index (κ2) is 7.61. The van der Waals surface area contributed by atoms with Crippen LogP contribution in [0.3, 0.4) is 0 Å². The van der Waals surface area contributed by atoms with E-state index in [0.717, 1.165) is 6.54 Å². The van der Waals surface area contributed by atoms with Gasteiger partial charge in [0.25, 0.3) is 0 Å². The van der Waals surface area contributed by atoms with Crippen molar-refractivity contribution in [1.29, 1.82) is 0 Å². The first-order chi connectivity index (χ1) is 8.88. The minimum absolute atomic E-state index is 0.425. The lowest BCUT2D eigenvalue weighted by atomic mass is 9.70. The largest absolute Gasteiger partial charge is 0.312 e. The highest BCUT2D eigenvalue weighted by atomic mass is 15.2. The number of hydrogen-bond donors (Lipinski definition) is 1. The molecule has 1 N–H and O–H groups in total. The molecule has 114 valence electrons. The summed E-state index contributed by atoms with van der Waals surface area (Å²) in [5.41, 5.74) is 0.425. The van der Waals surface area contributed by atoms with E-state index in [1.54, 1.807) is 0 Å². The second-order valence-electron chi connectivity index (χ2n) is 7.12. The molecule has 3 heteroatoms. The van der Waals surface area contributed by atoms with Gasteiger partial charge in [-0.2, -0.15) is 0 Å². The Balaban J connectivity index is 2.56. The van der Waals surface area contributed by atoms with Gasteiger partial charge in [-0.1, -0.05) is 27.2 Å². The van der Waals surface area contributed by atoms with Crippen LogP contribution in [0.25, 0.3) is 0 Å². The maximum Gasteiger partial charge on any atom is 0.0274 e. The van der Waals surface area contributed by atoms with Gasteiger partial charge >= 0.3 is 0 Å². The van der Waals surface area contributed by atoms with Crippen LogP contribution in [-0.4, -0.2) is 62.7 Å². The number of rotatable bonds is 7. The predicted molar refractivity (Wildman–Crippen MR) is 84.7 cm³/mol. The van der Waals surface area contributed by atoms with Crippen LogP contribution < -0.4 is 5.32 Å². The van der Waals surface area contributed by atoms with Crippen LogP contribution in [0.15, 0.2) is 0 Å². The summed E-state index contributed by atoms with van der Waals surface area (Å²) in [7, 11) is 6.63. The van der Waals surface area contributed by atoms with Gasteiger partial charge in [-0.15, -0.1) is 0 Å². The Labute approximate surface area is 120 Å². The number of hydrogen-bond acceptors (Lipinski definition) is 3. The minimum atomic E-state index is 0.425. The molecule has 0 aromatic heterocycles. The van der Waals surface area contributed by atoms with Gasteiger partial charge in [0.15, 0.2) is 0 Å². The van der Waals surface area contributed by atoms with E-state index in [0.29, 0.717) is 17.5 Å². The number of likely N-dealkylation sites (N-methyl/N-ethyl adjacent to an activating group) is 2. The highest BCUT2D eigenvalue weighted by Crippen LogP contribution is 2.37. The van der Waals surface area contributed by atoms with Gasteiger partial charge in [-0.3, -0.25) is 0 Å². The Bertz CT molecular complexity index is 250. The smallest absolute Gasteiger partial charge is 0.0274 e. The topological polar surface area (TPSA) is 18.5 Å². The molecule has 2 atom stereocenters. The molecule has 19 heavy (non-hydrogen) atoms. The van der Waals surface area contributed by atoms with Crippen LogP contribution in [0.4, 0.5) is 0 Å². The number of nitrogens with zero attached hydrogens (tertiary/aromatic N) is 2. The molecule has 0 amide bonds. The van der Waals surface area contributed by atoms with Crippen molar-refractivity contribution in [3.8, 4) is 0 Å². The normalized spacial score (nSPS) is 27.2. The minimum Gasteiger partial charge on any atom is -0.312 e. The van der Waals surface area contributed by atoms with Crippen LogP contribution in [0.1, 0.15) is 46.5 Å². The van der Waals surface area contributed by atoms with Gasteiger partial charge in [-0.05, 0) is 65.5 Å². The van der Waals surface area contributed by atoms with E-state index in [1.165, 1.54) is 38.8 Å². The molecule has 0 heterocycles. The molecule has 0 aromatic rings. The summed E-state index contributed by atoms with van der Waals surface area (Å²) < 4.78 is 0. The average Bonchev–Trinajstić information content (AvgIpc) is 2.31. The third kappa shape index (κ3) is 5.05. The second-order valence-corrected chi connectivity index (χ2v) is 7.12. The maximum atomic E-state index is 3.75.